The van der Waals surface area contributed by atoms with Crippen molar-refractivity contribution >= 4 is 6.09 Å². The number of methoxy groups -OCH3 is 3. The van der Waals surface area contributed by atoms with E-state index >= 15 is 0 Å². The van der Waals surface area contributed by atoms with Gasteiger partial charge in [0.1, 0.15) is 11.4 Å². The summed E-state index contributed by atoms with van der Waals surface area (Å²) in [6, 6.07) is 13.9. The molecule has 7 nitrogen and oxygen atoms in total. The van der Waals surface area contributed by atoms with E-state index in [1.165, 1.54) is 0 Å². The van der Waals surface area contributed by atoms with Crippen molar-refractivity contribution in [3.63, 3.8) is 0 Å². The topological polar surface area (TPSA) is 70.1 Å². The molecule has 0 fully saturated rings. The predicted octanol–water partition coefficient (Wildman–Crippen LogP) is 5.85. The molecule has 1 amide bonds. The van der Waals surface area contributed by atoms with Crippen molar-refractivity contribution in [2.45, 2.75) is 45.3 Å². The Bertz CT molecular complexity index is 1220. The van der Waals surface area contributed by atoms with E-state index in [2.05, 4.69) is 29.2 Å². The summed E-state index contributed by atoms with van der Waals surface area (Å²) in [6.07, 6.45) is 4.54. The average Bonchev–Trinajstić information content (AvgIpc) is 2.87. The van der Waals surface area contributed by atoms with Gasteiger partial charge in [-0.3, -0.25) is 4.98 Å². The van der Waals surface area contributed by atoms with Crippen molar-refractivity contribution in [3.05, 3.63) is 71.5 Å². The number of carbonyl (C=O) groups is 1. The van der Waals surface area contributed by atoms with E-state index < -0.39 is 5.60 Å². The zero-order valence-electron chi connectivity index (χ0n) is 21.8. The van der Waals surface area contributed by atoms with Crippen LogP contribution < -0.4 is 14.2 Å². The molecular formula is C29H34N2O5. The zero-order valence-corrected chi connectivity index (χ0v) is 21.8. The molecule has 0 radical (unpaired) electrons. The van der Waals surface area contributed by atoms with E-state index in [4.69, 9.17) is 18.9 Å². The predicted molar refractivity (Wildman–Crippen MR) is 139 cm³/mol. The Hall–Kier alpha value is -3.74. The van der Waals surface area contributed by atoms with Gasteiger partial charge in [-0.2, -0.15) is 0 Å². The van der Waals surface area contributed by atoms with Crippen LogP contribution in [-0.4, -0.2) is 49.5 Å². The van der Waals surface area contributed by atoms with E-state index in [0.717, 1.165) is 33.6 Å². The summed E-state index contributed by atoms with van der Waals surface area (Å²) in [7, 11) is 4.91. The molecule has 0 saturated heterocycles. The maximum absolute atomic E-state index is 13.2. The van der Waals surface area contributed by atoms with Crippen molar-refractivity contribution in [1.29, 1.82) is 0 Å². The molecule has 1 atom stereocenters. The highest BCUT2D eigenvalue weighted by atomic mass is 16.6. The van der Waals surface area contributed by atoms with Gasteiger partial charge in [-0.1, -0.05) is 24.3 Å². The molecular weight excluding hydrogens is 456 g/mol. The van der Waals surface area contributed by atoms with E-state index in [1.807, 2.05) is 43.9 Å². The first kappa shape index (κ1) is 25.4. The van der Waals surface area contributed by atoms with Crippen LogP contribution in [0.2, 0.25) is 0 Å². The Kier molecular flexibility index (Phi) is 7.38. The summed E-state index contributed by atoms with van der Waals surface area (Å²) in [5.74, 6) is 2.11. The minimum atomic E-state index is -0.579. The lowest BCUT2D eigenvalue weighted by Crippen LogP contribution is -2.43. The highest BCUT2D eigenvalue weighted by Gasteiger charge is 2.34. The molecule has 1 aliphatic rings. The number of benzene rings is 2. The second kappa shape index (κ2) is 10.5. The maximum atomic E-state index is 13.2. The van der Waals surface area contributed by atoms with Crippen LogP contribution >= 0.6 is 0 Å². The number of pyridine rings is 1. The molecule has 1 aromatic heterocycles. The zero-order chi connectivity index (χ0) is 25.9. The number of rotatable bonds is 6. The lowest BCUT2D eigenvalue weighted by Gasteiger charge is -2.38. The average molecular weight is 491 g/mol. The molecule has 0 N–H and O–H groups in total. The first-order chi connectivity index (χ1) is 17.2. The van der Waals surface area contributed by atoms with Crippen LogP contribution in [-0.2, 0) is 17.6 Å². The second-order valence-electron chi connectivity index (χ2n) is 9.82. The molecule has 0 aliphatic carbocycles. The van der Waals surface area contributed by atoms with Gasteiger partial charge >= 0.3 is 6.09 Å². The molecule has 2 aromatic carbocycles. The number of nitrogens with zero attached hydrogens (tertiary/aromatic N) is 2. The van der Waals surface area contributed by atoms with Crippen molar-refractivity contribution in [2.75, 3.05) is 27.9 Å². The van der Waals surface area contributed by atoms with Crippen LogP contribution in [0.4, 0.5) is 4.79 Å². The van der Waals surface area contributed by atoms with E-state index in [0.29, 0.717) is 30.9 Å². The lowest BCUT2D eigenvalue weighted by atomic mass is 9.88. The summed E-state index contributed by atoms with van der Waals surface area (Å²) in [5.41, 5.74) is 4.66. The number of aromatic nitrogens is 1. The fourth-order valence-corrected chi connectivity index (χ4v) is 4.61. The molecule has 0 saturated carbocycles. The van der Waals surface area contributed by atoms with Crippen molar-refractivity contribution < 1.29 is 23.7 Å². The Balaban J connectivity index is 1.69. The SMILES string of the molecule is COc1cc2c(cc1OC)C(Cc1ccc(-c3cnccc3OC)cc1)N(C(=O)OC(C)(C)C)CC2. The molecule has 7 heteroatoms. The Labute approximate surface area is 213 Å². The third-order valence-corrected chi connectivity index (χ3v) is 6.33. The summed E-state index contributed by atoms with van der Waals surface area (Å²) < 4.78 is 22.4. The standard InChI is InChI=1S/C29H34N2O5/c1-29(2,3)36-28(32)31-14-12-21-16-26(34-5)27(35-6)17-22(21)24(31)15-19-7-9-20(10-8-19)23-18-30-13-11-25(23)33-4/h7-11,13,16-18,24H,12,14-15H2,1-6H3. The van der Waals surface area contributed by atoms with Gasteiger partial charge in [0, 0.05) is 24.5 Å². The molecule has 190 valence electrons. The van der Waals surface area contributed by atoms with Crippen LogP contribution in [0.5, 0.6) is 17.2 Å². The smallest absolute Gasteiger partial charge is 0.410 e. The Morgan fingerprint density at radius 2 is 1.64 bits per heavy atom. The maximum Gasteiger partial charge on any atom is 0.410 e. The Morgan fingerprint density at radius 1 is 0.972 bits per heavy atom. The summed E-state index contributed by atoms with van der Waals surface area (Å²) in [5, 5.41) is 0. The second-order valence-corrected chi connectivity index (χ2v) is 9.82. The quantitative estimate of drug-likeness (QED) is 0.432. The van der Waals surface area contributed by atoms with Crippen LogP contribution in [0.1, 0.15) is 43.5 Å². The summed E-state index contributed by atoms with van der Waals surface area (Å²) >= 11 is 0. The number of amides is 1. The Morgan fingerprint density at radius 3 is 2.28 bits per heavy atom. The normalized spacial score (nSPS) is 15.2. The number of ether oxygens (including phenoxy) is 4. The highest BCUT2D eigenvalue weighted by molar-refractivity contribution is 5.71. The number of hydrogen-bond donors (Lipinski definition) is 0. The molecule has 0 spiro atoms. The molecule has 1 unspecified atom stereocenters. The molecule has 2 heterocycles. The van der Waals surface area contributed by atoms with Crippen LogP contribution in [0, 0.1) is 0 Å². The van der Waals surface area contributed by atoms with Gasteiger partial charge in [0.05, 0.1) is 27.4 Å². The van der Waals surface area contributed by atoms with Crippen LogP contribution in [0.25, 0.3) is 11.1 Å². The third kappa shape index (κ3) is 5.40. The van der Waals surface area contributed by atoms with Crippen molar-refractivity contribution in [3.8, 4) is 28.4 Å². The summed E-state index contributed by atoms with van der Waals surface area (Å²) in [6.45, 7) is 6.22. The van der Waals surface area contributed by atoms with Gasteiger partial charge < -0.3 is 23.8 Å². The number of carbonyl (C=O) groups excluding carboxylic acids is 1. The van der Waals surface area contributed by atoms with Crippen LogP contribution in [0.3, 0.4) is 0 Å². The largest absolute Gasteiger partial charge is 0.496 e. The number of hydrogen-bond acceptors (Lipinski definition) is 6. The van der Waals surface area contributed by atoms with Gasteiger partial charge in [0.15, 0.2) is 11.5 Å². The highest BCUT2D eigenvalue weighted by Crippen LogP contribution is 2.40. The monoisotopic (exact) mass is 490 g/mol. The molecule has 1 aliphatic heterocycles. The van der Waals surface area contributed by atoms with Crippen molar-refractivity contribution in [1.82, 2.24) is 9.88 Å². The van der Waals surface area contributed by atoms with Crippen LogP contribution in [0.15, 0.2) is 54.9 Å². The van der Waals surface area contributed by atoms with Gasteiger partial charge in [-0.05, 0) is 74.1 Å². The molecule has 4 rings (SSSR count). The van der Waals surface area contributed by atoms with Gasteiger partial charge in [0.25, 0.3) is 0 Å². The number of fused-ring (bicyclic) bond motifs is 1. The third-order valence-electron chi connectivity index (χ3n) is 6.33. The molecule has 36 heavy (non-hydrogen) atoms. The molecule has 0 bridgehead atoms. The minimum Gasteiger partial charge on any atom is -0.496 e. The fraction of sp³-hybridized carbons (Fsp3) is 0.379. The fourth-order valence-electron chi connectivity index (χ4n) is 4.61. The molecule has 3 aromatic rings. The minimum absolute atomic E-state index is 0.206. The van der Waals surface area contributed by atoms with E-state index in [-0.39, 0.29) is 12.1 Å². The van der Waals surface area contributed by atoms with E-state index in [9.17, 15) is 4.79 Å². The summed E-state index contributed by atoms with van der Waals surface area (Å²) in [4.78, 5) is 19.3. The van der Waals surface area contributed by atoms with Crippen molar-refractivity contribution in [2.24, 2.45) is 0 Å². The van der Waals surface area contributed by atoms with Gasteiger partial charge in [-0.15, -0.1) is 0 Å². The first-order valence-electron chi connectivity index (χ1n) is 12.1. The van der Waals surface area contributed by atoms with E-state index in [1.54, 1.807) is 33.7 Å². The van der Waals surface area contributed by atoms with Gasteiger partial charge in [0.2, 0.25) is 0 Å². The van der Waals surface area contributed by atoms with Gasteiger partial charge in [-0.25, -0.2) is 4.79 Å². The first-order valence-corrected chi connectivity index (χ1v) is 12.1. The lowest BCUT2D eigenvalue weighted by molar-refractivity contribution is 0.0141.